The summed E-state index contributed by atoms with van der Waals surface area (Å²) in [5.74, 6) is -0.475. The number of benzene rings is 1. The maximum atomic E-state index is 11.1. The van der Waals surface area contributed by atoms with Crippen molar-refractivity contribution in [1.82, 2.24) is 10.2 Å². The van der Waals surface area contributed by atoms with Crippen LogP contribution in [0.5, 0.6) is 0 Å². The molecule has 0 saturated heterocycles. The minimum Gasteiger partial charge on any atom is -0.462 e. The molecule has 2 rings (SSSR count). The van der Waals surface area contributed by atoms with E-state index in [9.17, 15) is 4.79 Å². The van der Waals surface area contributed by atoms with E-state index in [0.717, 1.165) is 9.13 Å². The molecule has 0 radical (unpaired) electrons. The number of ether oxygens (including phenoxy) is 1. The van der Waals surface area contributed by atoms with Crippen LogP contribution in [0.15, 0.2) is 28.7 Å². The highest BCUT2D eigenvalue weighted by Crippen LogP contribution is 2.19. The lowest BCUT2D eigenvalue weighted by Gasteiger charge is -1.94. The molecule has 82 valence electrons. The lowest BCUT2D eigenvalue weighted by Crippen LogP contribution is -2.00. The summed E-state index contributed by atoms with van der Waals surface area (Å²) >= 11 is 2.20. The molecule has 0 aliphatic heterocycles. The number of nitrogens with zero attached hydrogens (tertiary/aromatic N) is 2. The molecule has 0 aliphatic carbocycles. The Morgan fingerprint density at radius 1 is 1.31 bits per heavy atom. The quantitative estimate of drug-likeness (QED) is 0.623. The molecule has 1 heterocycles. The van der Waals surface area contributed by atoms with Crippen molar-refractivity contribution < 1.29 is 13.9 Å². The molecule has 0 bridgehead atoms. The molecule has 0 atom stereocenters. The van der Waals surface area contributed by atoms with Crippen LogP contribution in [0.3, 0.4) is 0 Å². The molecule has 5 nitrogen and oxygen atoms in total. The van der Waals surface area contributed by atoms with Gasteiger partial charge in [-0.05, 0) is 46.9 Å². The van der Waals surface area contributed by atoms with E-state index in [-0.39, 0.29) is 5.89 Å². The minimum absolute atomic E-state index is 0.143. The molecule has 2 aromatic rings. The summed E-state index contributed by atoms with van der Waals surface area (Å²) in [5.41, 5.74) is 0.767. The highest BCUT2D eigenvalue weighted by molar-refractivity contribution is 14.1. The maximum Gasteiger partial charge on any atom is 0.396 e. The first-order valence-corrected chi connectivity index (χ1v) is 5.46. The fourth-order valence-electron chi connectivity index (χ4n) is 1.10. The van der Waals surface area contributed by atoms with Gasteiger partial charge in [-0.25, -0.2) is 4.79 Å². The summed E-state index contributed by atoms with van der Waals surface area (Å²) in [6.07, 6.45) is 0. The van der Waals surface area contributed by atoms with Crippen LogP contribution in [0.1, 0.15) is 10.7 Å². The molecule has 0 fully saturated rings. The number of carbonyl (C=O) groups excluding carboxylic acids is 1. The second kappa shape index (κ2) is 4.60. The number of methoxy groups -OCH3 is 1. The van der Waals surface area contributed by atoms with Crippen molar-refractivity contribution in [3.8, 4) is 11.5 Å². The normalized spacial score (nSPS) is 10.1. The molecule has 0 saturated carbocycles. The Morgan fingerprint density at radius 2 is 2.00 bits per heavy atom. The number of aromatic nitrogens is 2. The Labute approximate surface area is 105 Å². The van der Waals surface area contributed by atoms with Crippen LogP contribution in [0.2, 0.25) is 0 Å². The summed E-state index contributed by atoms with van der Waals surface area (Å²) in [7, 11) is 1.26. The van der Waals surface area contributed by atoms with E-state index in [1.54, 1.807) is 0 Å². The van der Waals surface area contributed by atoms with Gasteiger partial charge < -0.3 is 9.15 Å². The van der Waals surface area contributed by atoms with E-state index in [1.807, 2.05) is 24.3 Å². The number of hydrogen-bond acceptors (Lipinski definition) is 5. The second-order valence-corrected chi connectivity index (χ2v) is 4.16. The zero-order valence-corrected chi connectivity index (χ0v) is 10.5. The van der Waals surface area contributed by atoms with Crippen molar-refractivity contribution in [1.29, 1.82) is 0 Å². The number of carbonyl (C=O) groups is 1. The third-order valence-corrected chi connectivity index (χ3v) is 2.60. The Kier molecular flexibility index (Phi) is 3.18. The predicted octanol–water partition coefficient (Wildman–Crippen LogP) is 2.13. The number of esters is 1. The van der Waals surface area contributed by atoms with Crippen molar-refractivity contribution in [3.05, 3.63) is 33.7 Å². The first kappa shape index (κ1) is 11.1. The minimum atomic E-state index is -0.635. The average molecular weight is 330 g/mol. The van der Waals surface area contributed by atoms with E-state index >= 15 is 0 Å². The lowest BCUT2D eigenvalue weighted by molar-refractivity contribution is 0.0556. The SMILES string of the molecule is COC(=O)c1nnc(-c2ccc(I)cc2)o1. The molecule has 0 spiro atoms. The Morgan fingerprint density at radius 3 is 2.62 bits per heavy atom. The van der Waals surface area contributed by atoms with Gasteiger partial charge in [0, 0.05) is 9.13 Å². The second-order valence-electron chi connectivity index (χ2n) is 2.91. The molecule has 0 amide bonds. The van der Waals surface area contributed by atoms with Crippen molar-refractivity contribution in [2.24, 2.45) is 0 Å². The van der Waals surface area contributed by atoms with Gasteiger partial charge in [-0.15, -0.1) is 10.2 Å². The molecule has 1 aromatic carbocycles. The smallest absolute Gasteiger partial charge is 0.396 e. The summed E-state index contributed by atoms with van der Waals surface area (Å²) in [6, 6.07) is 7.52. The predicted molar refractivity (Wildman–Crippen MR) is 63.8 cm³/mol. The fraction of sp³-hybridized carbons (Fsp3) is 0.100. The van der Waals surface area contributed by atoms with E-state index in [4.69, 9.17) is 4.42 Å². The highest BCUT2D eigenvalue weighted by atomic mass is 127. The first-order valence-electron chi connectivity index (χ1n) is 4.38. The van der Waals surface area contributed by atoms with Gasteiger partial charge in [-0.1, -0.05) is 0 Å². The van der Waals surface area contributed by atoms with E-state index in [2.05, 4.69) is 37.5 Å². The highest BCUT2D eigenvalue weighted by Gasteiger charge is 2.15. The molecule has 0 N–H and O–H groups in total. The van der Waals surface area contributed by atoms with Crippen LogP contribution < -0.4 is 0 Å². The molecule has 0 aliphatic rings. The summed E-state index contributed by atoms with van der Waals surface area (Å²) in [4.78, 5) is 11.1. The Bertz CT molecular complexity index is 507. The van der Waals surface area contributed by atoms with Gasteiger partial charge in [0.1, 0.15) is 0 Å². The Hall–Kier alpha value is -1.44. The van der Waals surface area contributed by atoms with Gasteiger partial charge in [0.15, 0.2) is 0 Å². The van der Waals surface area contributed by atoms with E-state index in [1.165, 1.54) is 7.11 Å². The van der Waals surface area contributed by atoms with Crippen LogP contribution in [-0.4, -0.2) is 23.3 Å². The summed E-state index contributed by atoms with van der Waals surface area (Å²) in [6.45, 7) is 0. The molecular formula is C10H7IN2O3. The fourth-order valence-corrected chi connectivity index (χ4v) is 1.46. The lowest BCUT2D eigenvalue weighted by atomic mass is 10.2. The maximum absolute atomic E-state index is 11.1. The van der Waals surface area contributed by atoms with E-state index in [0.29, 0.717) is 5.89 Å². The van der Waals surface area contributed by atoms with Crippen LogP contribution in [0, 0.1) is 3.57 Å². The number of hydrogen-bond donors (Lipinski definition) is 0. The zero-order chi connectivity index (χ0) is 11.5. The van der Waals surface area contributed by atoms with Gasteiger partial charge in [-0.3, -0.25) is 0 Å². The monoisotopic (exact) mass is 330 g/mol. The number of halogens is 1. The van der Waals surface area contributed by atoms with Crippen LogP contribution in [0.25, 0.3) is 11.5 Å². The van der Waals surface area contributed by atoms with Crippen LogP contribution in [0.4, 0.5) is 0 Å². The summed E-state index contributed by atoms with van der Waals surface area (Å²) in [5, 5.41) is 7.36. The topological polar surface area (TPSA) is 65.2 Å². The van der Waals surface area contributed by atoms with Gasteiger partial charge >= 0.3 is 11.9 Å². The molecule has 6 heteroatoms. The van der Waals surface area contributed by atoms with Crippen molar-refractivity contribution in [2.75, 3.05) is 7.11 Å². The van der Waals surface area contributed by atoms with Crippen molar-refractivity contribution in [3.63, 3.8) is 0 Å². The van der Waals surface area contributed by atoms with Gasteiger partial charge in [0.25, 0.3) is 0 Å². The van der Waals surface area contributed by atoms with Crippen molar-refractivity contribution >= 4 is 28.6 Å². The molecule has 1 aromatic heterocycles. The van der Waals surface area contributed by atoms with Gasteiger partial charge in [-0.2, -0.15) is 0 Å². The number of rotatable bonds is 2. The summed E-state index contributed by atoms with van der Waals surface area (Å²) < 4.78 is 10.7. The van der Waals surface area contributed by atoms with Crippen molar-refractivity contribution in [2.45, 2.75) is 0 Å². The molecular weight excluding hydrogens is 323 g/mol. The molecule has 0 unspecified atom stereocenters. The standard InChI is InChI=1S/C10H7IN2O3/c1-15-10(14)9-13-12-8(16-9)6-2-4-7(11)5-3-6/h2-5H,1H3. The van der Waals surface area contributed by atoms with Gasteiger partial charge in [0.2, 0.25) is 5.89 Å². The third kappa shape index (κ3) is 2.21. The van der Waals surface area contributed by atoms with Crippen LogP contribution in [-0.2, 0) is 4.74 Å². The largest absolute Gasteiger partial charge is 0.462 e. The van der Waals surface area contributed by atoms with E-state index < -0.39 is 5.97 Å². The zero-order valence-electron chi connectivity index (χ0n) is 8.31. The Balaban J connectivity index is 2.31. The van der Waals surface area contributed by atoms with Crippen LogP contribution >= 0.6 is 22.6 Å². The third-order valence-electron chi connectivity index (χ3n) is 1.88. The molecule has 16 heavy (non-hydrogen) atoms. The van der Waals surface area contributed by atoms with Gasteiger partial charge in [0.05, 0.1) is 7.11 Å². The first-order chi connectivity index (χ1) is 7.70. The average Bonchev–Trinajstić information content (AvgIpc) is 2.78.